The van der Waals surface area contributed by atoms with Gasteiger partial charge >= 0.3 is 5.97 Å². The lowest BCUT2D eigenvalue weighted by Crippen LogP contribution is -2.27. The summed E-state index contributed by atoms with van der Waals surface area (Å²) in [5, 5.41) is 17.1. The molecule has 2 rings (SSSR count). The number of carbonyl (C=O) groups is 1. The molecular weight excluding hydrogens is 210 g/mol. The number of carboxylic acids is 1. The smallest absolute Gasteiger partial charge is 0.308 e. The van der Waals surface area contributed by atoms with Gasteiger partial charge < -0.3 is 14.4 Å². The molecule has 1 atom stereocenters. The van der Waals surface area contributed by atoms with Crippen LogP contribution in [0.1, 0.15) is 18.1 Å². The number of methoxy groups -OCH3 is 1. The van der Waals surface area contributed by atoms with Gasteiger partial charge in [0.1, 0.15) is 11.6 Å². The lowest BCUT2D eigenvalue weighted by Gasteiger charge is -2.20. The summed E-state index contributed by atoms with van der Waals surface area (Å²) >= 11 is 0. The highest BCUT2D eigenvalue weighted by Gasteiger charge is 2.26. The van der Waals surface area contributed by atoms with E-state index >= 15 is 0 Å². The standard InChI is InChI=1S/C10H15N3O3/c1-16-5-4-9-12-11-8-3-2-7(10(14)15)6-13(8)9/h7H,2-6H2,1H3,(H,14,15). The molecule has 16 heavy (non-hydrogen) atoms. The van der Waals surface area contributed by atoms with Gasteiger partial charge in [-0.3, -0.25) is 4.79 Å². The summed E-state index contributed by atoms with van der Waals surface area (Å²) in [6.45, 7) is 1.06. The Morgan fingerprint density at radius 3 is 3.12 bits per heavy atom. The first kappa shape index (κ1) is 11.1. The maximum Gasteiger partial charge on any atom is 0.308 e. The zero-order chi connectivity index (χ0) is 11.5. The third-order valence-corrected chi connectivity index (χ3v) is 2.90. The van der Waals surface area contributed by atoms with E-state index in [9.17, 15) is 4.79 Å². The van der Waals surface area contributed by atoms with Gasteiger partial charge in [0.15, 0.2) is 0 Å². The topological polar surface area (TPSA) is 77.2 Å². The molecule has 1 N–H and O–H groups in total. The number of aryl methyl sites for hydroxylation is 1. The first-order valence-corrected chi connectivity index (χ1v) is 5.35. The number of fused-ring (bicyclic) bond motifs is 1. The summed E-state index contributed by atoms with van der Waals surface area (Å²) in [5.74, 6) is 0.660. The second-order valence-corrected chi connectivity index (χ2v) is 3.96. The van der Waals surface area contributed by atoms with Crippen LogP contribution in [0.4, 0.5) is 0 Å². The van der Waals surface area contributed by atoms with Crippen molar-refractivity contribution in [1.82, 2.24) is 14.8 Å². The number of carboxylic acid groups (broad SMARTS) is 1. The zero-order valence-electron chi connectivity index (χ0n) is 9.22. The third-order valence-electron chi connectivity index (χ3n) is 2.90. The summed E-state index contributed by atoms with van der Waals surface area (Å²) in [4.78, 5) is 10.9. The van der Waals surface area contributed by atoms with Gasteiger partial charge in [0.25, 0.3) is 0 Å². The fraction of sp³-hybridized carbons (Fsp3) is 0.700. The van der Waals surface area contributed by atoms with Gasteiger partial charge in [-0.15, -0.1) is 10.2 Å². The van der Waals surface area contributed by atoms with Crippen molar-refractivity contribution in [3.05, 3.63) is 11.6 Å². The largest absolute Gasteiger partial charge is 0.481 e. The highest BCUT2D eigenvalue weighted by Crippen LogP contribution is 2.20. The van der Waals surface area contributed by atoms with Crippen LogP contribution in [-0.2, 0) is 28.9 Å². The predicted molar refractivity (Wildman–Crippen MR) is 55.0 cm³/mol. The zero-order valence-corrected chi connectivity index (χ0v) is 9.22. The Hall–Kier alpha value is -1.43. The highest BCUT2D eigenvalue weighted by molar-refractivity contribution is 5.70. The van der Waals surface area contributed by atoms with E-state index in [0.29, 0.717) is 32.4 Å². The summed E-state index contributed by atoms with van der Waals surface area (Å²) < 4.78 is 6.90. The van der Waals surface area contributed by atoms with E-state index in [1.807, 2.05) is 4.57 Å². The van der Waals surface area contributed by atoms with Crippen LogP contribution in [0.15, 0.2) is 0 Å². The SMILES string of the molecule is COCCc1nnc2n1CC(C(=O)O)CC2. The van der Waals surface area contributed by atoms with Crippen molar-refractivity contribution in [3.8, 4) is 0 Å². The molecule has 0 saturated heterocycles. The summed E-state index contributed by atoms with van der Waals surface area (Å²) in [6, 6.07) is 0. The lowest BCUT2D eigenvalue weighted by molar-refractivity contribution is -0.142. The van der Waals surface area contributed by atoms with Crippen molar-refractivity contribution >= 4 is 5.97 Å². The van der Waals surface area contributed by atoms with Gasteiger partial charge in [-0.1, -0.05) is 0 Å². The molecule has 0 saturated carbocycles. The quantitative estimate of drug-likeness (QED) is 0.787. The molecule has 1 unspecified atom stereocenters. The first-order chi connectivity index (χ1) is 7.72. The molecule has 1 aliphatic heterocycles. The molecule has 0 aliphatic carbocycles. The van der Waals surface area contributed by atoms with Crippen LogP contribution in [0.3, 0.4) is 0 Å². The first-order valence-electron chi connectivity index (χ1n) is 5.35. The second-order valence-electron chi connectivity index (χ2n) is 3.96. The van der Waals surface area contributed by atoms with Gasteiger partial charge in [-0.05, 0) is 6.42 Å². The van der Waals surface area contributed by atoms with E-state index < -0.39 is 5.97 Å². The average molecular weight is 225 g/mol. The number of hydrogen-bond donors (Lipinski definition) is 1. The number of hydrogen-bond acceptors (Lipinski definition) is 4. The molecule has 0 aromatic carbocycles. The van der Waals surface area contributed by atoms with Crippen molar-refractivity contribution in [3.63, 3.8) is 0 Å². The van der Waals surface area contributed by atoms with E-state index in [1.54, 1.807) is 7.11 Å². The molecule has 2 heterocycles. The third kappa shape index (κ3) is 2.06. The van der Waals surface area contributed by atoms with E-state index in [4.69, 9.17) is 9.84 Å². The number of rotatable bonds is 4. The van der Waals surface area contributed by atoms with Crippen LogP contribution in [-0.4, -0.2) is 39.6 Å². The maximum atomic E-state index is 10.9. The molecule has 1 aromatic rings. The fourth-order valence-corrected chi connectivity index (χ4v) is 1.96. The van der Waals surface area contributed by atoms with Gasteiger partial charge in [-0.25, -0.2) is 0 Å². The van der Waals surface area contributed by atoms with E-state index in [-0.39, 0.29) is 5.92 Å². The molecular formula is C10H15N3O3. The van der Waals surface area contributed by atoms with Gasteiger partial charge in [0.05, 0.1) is 12.5 Å². The van der Waals surface area contributed by atoms with Crippen LogP contribution in [0.5, 0.6) is 0 Å². The Bertz CT molecular complexity index is 389. The number of aromatic nitrogens is 3. The molecule has 0 amide bonds. The van der Waals surface area contributed by atoms with Crippen molar-refractivity contribution in [1.29, 1.82) is 0 Å². The molecule has 0 spiro atoms. The highest BCUT2D eigenvalue weighted by atomic mass is 16.5. The molecule has 6 nitrogen and oxygen atoms in total. The molecule has 0 bridgehead atoms. The molecule has 0 radical (unpaired) electrons. The number of ether oxygens (including phenoxy) is 1. The van der Waals surface area contributed by atoms with E-state index in [2.05, 4.69) is 10.2 Å². The molecule has 88 valence electrons. The van der Waals surface area contributed by atoms with Crippen LogP contribution < -0.4 is 0 Å². The lowest BCUT2D eigenvalue weighted by atomic mass is 9.99. The van der Waals surface area contributed by atoms with Crippen LogP contribution in [0, 0.1) is 5.92 Å². The Morgan fingerprint density at radius 1 is 1.62 bits per heavy atom. The maximum absolute atomic E-state index is 10.9. The van der Waals surface area contributed by atoms with Crippen molar-refractivity contribution in [2.24, 2.45) is 5.92 Å². The number of nitrogens with zero attached hydrogens (tertiary/aromatic N) is 3. The van der Waals surface area contributed by atoms with Gasteiger partial charge in [0.2, 0.25) is 0 Å². The molecule has 6 heteroatoms. The van der Waals surface area contributed by atoms with Gasteiger partial charge in [0, 0.05) is 26.5 Å². The van der Waals surface area contributed by atoms with Crippen molar-refractivity contribution in [2.45, 2.75) is 25.8 Å². The molecule has 1 aliphatic rings. The second kappa shape index (κ2) is 4.61. The summed E-state index contributed by atoms with van der Waals surface area (Å²) in [6.07, 6.45) is 2.02. The van der Waals surface area contributed by atoms with E-state index in [0.717, 1.165) is 11.6 Å². The average Bonchev–Trinajstić information content (AvgIpc) is 2.68. The summed E-state index contributed by atoms with van der Waals surface area (Å²) in [5.41, 5.74) is 0. The van der Waals surface area contributed by atoms with Gasteiger partial charge in [-0.2, -0.15) is 0 Å². The monoisotopic (exact) mass is 225 g/mol. The summed E-state index contributed by atoms with van der Waals surface area (Å²) in [7, 11) is 1.63. The molecule has 1 aromatic heterocycles. The Balaban J connectivity index is 2.14. The fourth-order valence-electron chi connectivity index (χ4n) is 1.96. The normalized spacial score (nSPS) is 19.4. The van der Waals surface area contributed by atoms with E-state index in [1.165, 1.54) is 0 Å². The minimum Gasteiger partial charge on any atom is -0.481 e. The van der Waals surface area contributed by atoms with Crippen LogP contribution in [0.25, 0.3) is 0 Å². The minimum atomic E-state index is -0.739. The number of aliphatic carboxylic acids is 1. The van der Waals surface area contributed by atoms with Crippen molar-refractivity contribution < 1.29 is 14.6 Å². The predicted octanol–water partition coefficient (Wildman–Crippen LogP) is 0.114. The van der Waals surface area contributed by atoms with Crippen LogP contribution in [0.2, 0.25) is 0 Å². The molecule has 0 fully saturated rings. The van der Waals surface area contributed by atoms with Crippen LogP contribution >= 0.6 is 0 Å². The Kier molecular flexibility index (Phi) is 3.19. The Morgan fingerprint density at radius 2 is 2.44 bits per heavy atom. The van der Waals surface area contributed by atoms with Crippen molar-refractivity contribution in [2.75, 3.05) is 13.7 Å². The minimum absolute atomic E-state index is 0.315. The Labute approximate surface area is 93.2 Å².